The molecule has 5 heteroatoms. The highest BCUT2D eigenvalue weighted by atomic mass is 32.2. The number of nitrogens with one attached hydrogen (secondary N) is 1. The molecular formula is C6H12N4S. The van der Waals surface area contributed by atoms with Gasteiger partial charge in [0.15, 0.2) is 5.96 Å². The average Bonchev–Trinajstić information content (AvgIpc) is 2.45. The molecule has 2 heterocycles. The van der Waals surface area contributed by atoms with Gasteiger partial charge in [0.25, 0.3) is 0 Å². The van der Waals surface area contributed by atoms with E-state index >= 15 is 0 Å². The highest BCUT2D eigenvalue weighted by Gasteiger charge is 2.39. The monoisotopic (exact) mass is 172 g/mol. The molecule has 0 aliphatic carbocycles. The van der Waals surface area contributed by atoms with Crippen LogP contribution in [0.4, 0.5) is 0 Å². The topological polar surface area (TPSA) is 76.4 Å². The van der Waals surface area contributed by atoms with Crippen molar-refractivity contribution in [3.8, 4) is 0 Å². The number of nitrogens with zero attached hydrogens (tertiary/aromatic N) is 1. The lowest BCUT2D eigenvalue weighted by Crippen LogP contribution is -2.39. The van der Waals surface area contributed by atoms with Crippen molar-refractivity contribution in [1.29, 1.82) is 0 Å². The fourth-order valence-corrected chi connectivity index (χ4v) is 2.90. The molecule has 5 N–H and O–H groups in total. The first kappa shape index (κ1) is 7.24. The fourth-order valence-electron chi connectivity index (χ4n) is 1.58. The lowest BCUT2D eigenvalue weighted by atomic mass is 10.1. The van der Waals surface area contributed by atoms with Crippen molar-refractivity contribution in [1.82, 2.24) is 5.32 Å². The molecule has 0 aromatic carbocycles. The first-order valence-electron chi connectivity index (χ1n) is 3.72. The summed E-state index contributed by atoms with van der Waals surface area (Å²) in [7, 11) is 0. The van der Waals surface area contributed by atoms with Crippen LogP contribution in [-0.2, 0) is 0 Å². The van der Waals surface area contributed by atoms with Gasteiger partial charge < -0.3 is 16.8 Å². The molecule has 1 fully saturated rings. The molecule has 0 spiro atoms. The van der Waals surface area contributed by atoms with Crippen molar-refractivity contribution >= 4 is 17.7 Å². The molecule has 1 saturated heterocycles. The average molecular weight is 172 g/mol. The van der Waals surface area contributed by atoms with Gasteiger partial charge in [0, 0.05) is 17.5 Å². The van der Waals surface area contributed by atoms with Crippen molar-refractivity contribution in [3.05, 3.63) is 0 Å². The van der Waals surface area contributed by atoms with Gasteiger partial charge in [0.05, 0.1) is 12.1 Å². The summed E-state index contributed by atoms with van der Waals surface area (Å²) in [5, 5.41) is 3.60. The Morgan fingerprint density at radius 3 is 3.27 bits per heavy atom. The Hall–Kier alpha value is -0.420. The highest BCUT2D eigenvalue weighted by Crippen LogP contribution is 2.30. The molecular weight excluding hydrogens is 160 g/mol. The second-order valence-corrected chi connectivity index (χ2v) is 4.14. The zero-order valence-corrected chi connectivity index (χ0v) is 6.97. The van der Waals surface area contributed by atoms with Gasteiger partial charge in [0.2, 0.25) is 0 Å². The van der Waals surface area contributed by atoms with Crippen LogP contribution in [0.3, 0.4) is 0 Å². The lowest BCUT2D eigenvalue weighted by Gasteiger charge is -2.10. The Labute approximate surface area is 69.8 Å². The van der Waals surface area contributed by atoms with E-state index in [0.29, 0.717) is 29.8 Å². The molecule has 0 aromatic heterocycles. The molecule has 2 rings (SSSR count). The number of aliphatic imine (C=N–C) groups is 1. The van der Waals surface area contributed by atoms with E-state index in [9.17, 15) is 0 Å². The maximum Gasteiger partial charge on any atom is 0.189 e. The predicted octanol–water partition coefficient (Wildman–Crippen LogP) is -1.28. The number of rotatable bonds is 1. The summed E-state index contributed by atoms with van der Waals surface area (Å²) in [4.78, 5) is 4.29. The van der Waals surface area contributed by atoms with E-state index in [-0.39, 0.29) is 0 Å². The quantitative estimate of drug-likeness (QED) is 0.460. The summed E-state index contributed by atoms with van der Waals surface area (Å²) >= 11 is 1.89. The van der Waals surface area contributed by atoms with E-state index in [1.54, 1.807) is 0 Å². The molecule has 0 amide bonds. The van der Waals surface area contributed by atoms with Gasteiger partial charge in [-0.1, -0.05) is 0 Å². The molecule has 62 valence electrons. The maximum atomic E-state index is 5.58. The molecule has 0 bridgehead atoms. The van der Waals surface area contributed by atoms with Crippen LogP contribution in [-0.4, -0.2) is 35.6 Å². The van der Waals surface area contributed by atoms with E-state index in [1.165, 1.54) is 0 Å². The number of guanidine groups is 1. The number of fused-ring (bicyclic) bond motifs is 1. The summed E-state index contributed by atoms with van der Waals surface area (Å²) in [5.74, 6) is 1.66. The van der Waals surface area contributed by atoms with Crippen LogP contribution in [0.2, 0.25) is 0 Å². The minimum atomic E-state index is 0.324. The van der Waals surface area contributed by atoms with Crippen LogP contribution < -0.4 is 16.8 Å². The summed E-state index contributed by atoms with van der Waals surface area (Å²) in [6, 6.07) is 0.763. The zero-order valence-electron chi connectivity index (χ0n) is 6.16. The van der Waals surface area contributed by atoms with Crippen LogP contribution in [0.15, 0.2) is 4.99 Å². The smallest absolute Gasteiger partial charge is 0.189 e. The van der Waals surface area contributed by atoms with Gasteiger partial charge >= 0.3 is 0 Å². The number of nitrogens with two attached hydrogens (primary N) is 2. The second kappa shape index (κ2) is 2.57. The molecule has 0 saturated carbocycles. The van der Waals surface area contributed by atoms with Gasteiger partial charge in [-0.15, -0.1) is 0 Å². The first-order valence-corrected chi connectivity index (χ1v) is 4.77. The second-order valence-electron chi connectivity index (χ2n) is 2.86. The molecule has 0 radical (unpaired) electrons. The minimum Gasteiger partial charge on any atom is -0.370 e. The van der Waals surface area contributed by atoms with E-state index in [1.807, 2.05) is 11.8 Å². The standard InChI is InChI=1S/C6H12N4S/c7-1-4-5-3(2-11-4)9-6(8)10-5/h3-5H,1-2,7H2,(H3,8,9,10)/t3-,4-,5-/m0/s1. The first-order chi connectivity index (χ1) is 5.31. The minimum absolute atomic E-state index is 0.324. The van der Waals surface area contributed by atoms with E-state index < -0.39 is 0 Å². The maximum absolute atomic E-state index is 5.58. The lowest BCUT2D eigenvalue weighted by molar-refractivity contribution is 0.577. The Bertz CT molecular complexity index is 193. The van der Waals surface area contributed by atoms with Gasteiger partial charge in [-0.3, -0.25) is 0 Å². The third-order valence-corrected chi connectivity index (χ3v) is 3.59. The third-order valence-electron chi connectivity index (χ3n) is 2.14. The van der Waals surface area contributed by atoms with Crippen molar-refractivity contribution in [3.63, 3.8) is 0 Å². The van der Waals surface area contributed by atoms with Crippen molar-refractivity contribution in [2.45, 2.75) is 17.3 Å². The Kier molecular flexibility index (Phi) is 1.69. The van der Waals surface area contributed by atoms with Gasteiger partial charge in [-0.2, -0.15) is 11.8 Å². The summed E-state index contributed by atoms with van der Waals surface area (Å²) in [6.07, 6.45) is 0. The Balaban J connectivity index is 2.11. The van der Waals surface area contributed by atoms with Crippen LogP contribution in [0.5, 0.6) is 0 Å². The van der Waals surface area contributed by atoms with Crippen LogP contribution in [0.25, 0.3) is 0 Å². The largest absolute Gasteiger partial charge is 0.370 e. The normalized spacial score (nSPS) is 41.5. The summed E-state index contributed by atoms with van der Waals surface area (Å²) < 4.78 is 0. The van der Waals surface area contributed by atoms with Crippen LogP contribution in [0, 0.1) is 0 Å². The van der Waals surface area contributed by atoms with Crippen LogP contribution >= 0.6 is 11.8 Å². The van der Waals surface area contributed by atoms with Gasteiger partial charge in [-0.25, -0.2) is 4.99 Å². The molecule has 4 nitrogen and oxygen atoms in total. The zero-order chi connectivity index (χ0) is 7.84. The van der Waals surface area contributed by atoms with Crippen molar-refractivity contribution in [2.24, 2.45) is 16.5 Å². The molecule has 0 unspecified atom stereocenters. The SMILES string of the molecule is NC[C@@H]1SC[C@@H]2NC(N)=N[C@@H]21. The Morgan fingerprint density at radius 2 is 2.55 bits per heavy atom. The van der Waals surface area contributed by atoms with Crippen molar-refractivity contribution < 1.29 is 0 Å². The molecule has 2 aliphatic heterocycles. The van der Waals surface area contributed by atoms with Gasteiger partial charge in [0.1, 0.15) is 0 Å². The van der Waals surface area contributed by atoms with E-state index in [4.69, 9.17) is 11.5 Å². The molecule has 11 heavy (non-hydrogen) atoms. The van der Waals surface area contributed by atoms with E-state index in [0.717, 1.165) is 5.75 Å². The van der Waals surface area contributed by atoms with Crippen LogP contribution in [0.1, 0.15) is 0 Å². The highest BCUT2D eigenvalue weighted by molar-refractivity contribution is 8.00. The number of hydrogen-bond donors (Lipinski definition) is 3. The molecule has 2 aliphatic rings. The Morgan fingerprint density at radius 1 is 1.73 bits per heavy atom. The predicted molar refractivity (Wildman–Crippen MR) is 47.6 cm³/mol. The molecule has 3 atom stereocenters. The van der Waals surface area contributed by atoms with E-state index in [2.05, 4.69) is 10.3 Å². The third kappa shape index (κ3) is 1.08. The number of thioether (sulfide) groups is 1. The van der Waals surface area contributed by atoms with Crippen molar-refractivity contribution in [2.75, 3.05) is 12.3 Å². The van der Waals surface area contributed by atoms with Gasteiger partial charge in [-0.05, 0) is 0 Å². The fraction of sp³-hybridized carbons (Fsp3) is 0.833. The number of hydrogen-bond acceptors (Lipinski definition) is 5. The summed E-state index contributed by atoms with van der Waals surface area (Å²) in [6.45, 7) is 0.699. The summed E-state index contributed by atoms with van der Waals surface area (Å²) in [5.41, 5.74) is 11.1. The molecule has 0 aromatic rings.